The van der Waals surface area contributed by atoms with Crippen molar-refractivity contribution in [2.45, 2.75) is 19.9 Å². The average Bonchev–Trinajstić information content (AvgIpc) is 2.37. The summed E-state index contributed by atoms with van der Waals surface area (Å²) < 4.78 is 4.62. The van der Waals surface area contributed by atoms with Gasteiger partial charge in [-0.3, -0.25) is 0 Å². The van der Waals surface area contributed by atoms with Crippen LogP contribution >= 0.6 is 11.6 Å². The summed E-state index contributed by atoms with van der Waals surface area (Å²) in [5, 5.41) is 4.02. The van der Waals surface area contributed by atoms with Gasteiger partial charge in [0.1, 0.15) is 0 Å². The number of hydrogen-bond donors (Lipinski definition) is 1. The van der Waals surface area contributed by atoms with Gasteiger partial charge in [-0.05, 0) is 31.5 Å². The van der Waals surface area contributed by atoms with Crippen molar-refractivity contribution in [1.29, 1.82) is 0 Å². The highest BCUT2D eigenvalue weighted by atomic mass is 35.5. The number of methoxy groups -OCH3 is 1. The van der Waals surface area contributed by atoms with Crippen LogP contribution in [0, 0.1) is 0 Å². The maximum atomic E-state index is 11.2. The fourth-order valence-electron chi connectivity index (χ4n) is 1.53. The molecule has 3 nitrogen and oxygen atoms in total. The van der Waals surface area contributed by atoms with Crippen LogP contribution in [0.25, 0.3) is 0 Å². The summed E-state index contributed by atoms with van der Waals surface area (Å²) in [6.07, 6.45) is 1.81. The first-order valence-electron chi connectivity index (χ1n) is 5.78. The third-order valence-electron chi connectivity index (χ3n) is 2.69. The van der Waals surface area contributed by atoms with Gasteiger partial charge in [0.25, 0.3) is 0 Å². The molecular weight excluding hydrogens is 250 g/mol. The van der Waals surface area contributed by atoms with Crippen LogP contribution in [0.2, 0.25) is 5.02 Å². The molecule has 1 N–H and O–H groups in total. The van der Waals surface area contributed by atoms with Gasteiger partial charge in [0.15, 0.2) is 0 Å². The molecule has 0 amide bonds. The van der Waals surface area contributed by atoms with Gasteiger partial charge in [0.2, 0.25) is 0 Å². The maximum absolute atomic E-state index is 11.2. The van der Waals surface area contributed by atoms with E-state index < -0.39 is 0 Å². The van der Waals surface area contributed by atoms with Gasteiger partial charge in [-0.2, -0.15) is 0 Å². The highest BCUT2D eigenvalue weighted by molar-refractivity contribution is 6.30. The molecule has 0 aliphatic rings. The minimum absolute atomic E-state index is 0.172. The summed E-state index contributed by atoms with van der Waals surface area (Å²) >= 11 is 5.93. The van der Waals surface area contributed by atoms with Crippen molar-refractivity contribution in [1.82, 2.24) is 5.32 Å². The zero-order chi connectivity index (χ0) is 13.5. The molecule has 0 spiro atoms. The van der Waals surface area contributed by atoms with Gasteiger partial charge in [-0.25, -0.2) is 4.79 Å². The Labute approximate surface area is 113 Å². The summed E-state index contributed by atoms with van der Waals surface area (Å²) in [4.78, 5) is 11.2. The number of rotatable bonds is 5. The van der Waals surface area contributed by atoms with E-state index in [0.29, 0.717) is 12.1 Å². The first-order valence-corrected chi connectivity index (χ1v) is 6.16. The monoisotopic (exact) mass is 267 g/mol. The van der Waals surface area contributed by atoms with Gasteiger partial charge >= 0.3 is 5.97 Å². The van der Waals surface area contributed by atoms with Crippen molar-refractivity contribution in [2.75, 3.05) is 13.7 Å². The van der Waals surface area contributed by atoms with Crippen molar-refractivity contribution in [2.24, 2.45) is 0 Å². The Balaban J connectivity index is 2.52. The fourth-order valence-corrected chi connectivity index (χ4v) is 1.73. The zero-order valence-electron chi connectivity index (χ0n) is 10.9. The predicted octanol–water partition coefficient (Wildman–Crippen LogP) is 3.11. The predicted molar refractivity (Wildman–Crippen MR) is 73.6 cm³/mol. The summed E-state index contributed by atoms with van der Waals surface area (Å²) in [7, 11) is 1.38. The third-order valence-corrected chi connectivity index (χ3v) is 2.92. The van der Waals surface area contributed by atoms with E-state index in [-0.39, 0.29) is 12.0 Å². The molecular formula is C14H18ClNO2. The number of carbonyl (C=O) groups excluding carboxylic acids is 1. The van der Waals surface area contributed by atoms with E-state index >= 15 is 0 Å². The smallest absolute Gasteiger partial charge is 0.333 e. The molecule has 1 aromatic rings. The molecule has 1 rings (SSSR count). The van der Waals surface area contributed by atoms with Crippen LogP contribution in [-0.4, -0.2) is 19.6 Å². The van der Waals surface area contributed by atoms with Crippen LogP contribution in [0.4, 0.5) is 0 Å². The van der Waals surface area contributed by atoms with Gasteiger partial charge in [-0.1, -0.05) is 29.8 Å². The summed E-state index contributed by atoms with van der Waals surface area (Å²) in [6.45, 7) is 4.39. The van der Waals surface area contributed by atoms with E-state index in [9.17, 15) is 4.79 Å². The second kappa shape index (κ2) is 7.19. The first-order chi connectivity index (χ1) is 8.54. The molecule has 98 valence electrons. The van der Waals surface area contributed by atoms with Gasteiger partial charge in [0, 0.05) is 23.2 Å². The molecule has 0 aromatic heterocycles. The Morgan fingerprint density at radius 1 is 1.56 bits per heavy atom. The molecule has 4 heteroatoms. The molecule has 0 unspecified atom stereocenters. The molecule has 0 fully saturated rings. The van der Waals surface area contributed by atoms with E-state index in [0.717, 1.165) is 10.6 Å². The van der Waals surface area contributed by atoms with Crippen LogP contribution < -0.4 is 5.32 Å². The molecule has 0 radical (unpaired) electrons. The van der Waals surface area contributed by atoms with Crippen molar-refractivity contribution >= 4 is 17.6 Å². The Hall–Kier alpha value is -1.32. The third kappa shape index (κ3) is 4.51. The van der Waals surface area contributed by atoms with E-state index in [1.807, 2.05) is 37.3 Å². The lowest BCUT2D eigenvalue weighted by molar-refractivity contribution is -0.136. The number of hydrogen-bond acceptors (Lipinski definition) is 3. The number of nitrogens with one attached hydrogen (secondary N) is 1. The second-order valence-corrected chi connectivity index (χ2v) is 4.50. The molecule has 0 saturated carbocycles. The highest BCUT2D eigenvalue weighted by Gasteiger charge is 2.05. The first kappa shape index (κ1) is 14.7. The number of ether oxygens (including phenoxy) is 1. The van der Waals surface area contributed by atoms with Gasteiger partial charge < -0.3 is 10.1 Å². The lowest BCUT2D eigenvalue weighted by Crippen LogP contribution is -2.19. The standard InChI is InChI=1S/C14H18ClNO2/c1-10(14(17)18-3)7-8-16-11(2)12-5-4-6-13(15)9-12/h4-7,9,11,16H,8H2,1-3H3/b10-7+/t11-/m1/s1. The molecule has 0 heterocycles. The normalized spacial score (nSPS) is 13.2. The molecule has 0 aliphatic carbocycles. The summed E-state index contributed by atoms with van der Waals surface area (Å²) in [5.74, 6) is -0.299. The summed E-state index contributed by atoms with van der Waals surface area (Å²) in [6, 6.07) is 7.88. The zero-order valence-corrected chi connectivity index (χ0v) is 11.6. The Morgan fingerprint density at radius 3 is 2.89 bits per heavy atom. The minimum Gasteiger partial charge on any atom is -0.466 e. The van der Waals surface area contributed by atoms with E-state index in [1.54, 1.807) is 6.92 Å². The van der Waals surface area contributed by atoms with Crippen molar-refractivity contribution in [3.05, 3.63) is 46.5 Å². The number of halogens is 1. The van der Waals surface area contributed by atoms with Crippen LogP contribution in [0.15, 0.2) is 35.9 Å². The molecule has 1 aromatic carbocycles. The van der Waals surface area contributed by atoms with E-state index in [2.05, 4.69) is 10.1 Å². The molecule has 0 aliphatic heterocycles. The van der Waals surface area contributed by atoms with Gasteiger partial charge in [-0.15, -0.1) is 0 Å². The Kier molecular flexibility index (Phi) is 5.89. The SMILES string of the molecule is COC(=O)/C(C)=C/CN[C@H](C)c1cccc(Cl)c1. The van der Waals surface area contributed by atoms with Crippen LogP contribution in [0.5, 0.6) is 0 Å². The maximum Gasteiger partial charge on any atom is 0.333 e. The van der Waals surface area contributed by atoms with E-state index in [4.69, 9.17) is 11.6 Å². The van der Waals surface area contributed by atoms with Crippen molar-refractivity contribution in [3.8, 4) is 0 Å². The largest absolute Gasteiger partial charge is 0.466 e. The van der Waals surface area contributed by atoms with Crippen LogP contribution in [0.3, 0.4) is 0 Å². The van der Waals surface area contributed by atoms with Crippen molar-refractivity contribution < 1.29 is 9.53 Å². The molecule has 1 atom stereocenters. The van der Waals surface area contributed by atoms with Crippen molar-refractivity contribution in [3.63, 3.8) is 0 Å². The quantitative estimate of drug-likeness (QED) is 0.658. The van der Waals surface area contributed by atoms with Gasteiger partial charge in [0.05, 0.1) is 7.11 Å². The fraction of sp³-hybridized carbons (Fsp3) is 0.357. The molecule has 0 bridgehead atoms. The number of esters is 1. The highest BCUT2D eigenvalue weighted by Crippen LogP contribution is 2.17. The second-order valence-electron chi connectivity index (χ2n) is 4.06. The Morgan fingerprint density at radius 2 is 2.28 bits per heavy atom. The minimum atomic E-state index is -0.299. The Bertz CT molecular complexity index is 443. The number of carbonyl (C=O) groups is 1. The average molecular weight is 268 g/mol. The lowest BCUT2D eigenvalue weighted by atomic mass is 10.1. The molecule has 0 saturated heterocycles. The summed E-state index contributed by atoms with van der Waals surface area (Å²) in [5.41, 5.74) is 1.72. The molecule has 18 heavy (non-hydrogen) atoms. The van der Waals surface area contributed by atoms with Crippen LogP contribution in [-0.2, 0) is 9.53 Å². The topological polar surface area (TPSA) is 38.3 Å². The van der Waals surface area contributed by atoms with E-state index in [1.165, 1.54) is 7.11 Å². The lowest BCUT2D eigenvalue weighted by Gasteiger charge is -2.13. The van der Waals surface area contributed by atoms with Crippen LogP contribution in [0.1, 0.15) is 25.5 Å². The number of benzene rings is 1.